The summed E-state index contributed by atoms with van der Waals surface area (Å²) in [6, 6.07) is 10.2. The molecule has 0 heterocycles. The quantitative estimate of drug-likeness (QED) is 0.661. The van der Waals surface area contributed by atoms with Crippen LogP contribution in [0.1, 0.15) is 37.7 Å². The second-order valence-electron chi connectivity index (χ2n) is 4.20. The van der Waals surface area contributed by atoms with E-state index in [-0.39, 0.29) is 11.8 Å². The topological polar surface area (TPSA) is 17.1 Å². The van der Waals surface area contributed by atoms with Crippen LogP contribution in [0.5, 0.6) is 0 Å². The number of Topliss-reactive ketones (excluding diaryl/α,β-unsaturated/α-hetero) is 1. The monoisotopic (exact) mass is 188 g/mol. The number of benzene rings is 1. The van der Waals surface area contributed by atoms with Crippen LogP contribution < -0.4 is 0 Å². The molecule has 1 heteroatoms. The molecule has 1 aromatic carbocycles. The van der Waals surface area contributed by atoms with E-state index < -0.39 is 0 Å². The van der Waals surface area contributed by atoms with Gasteiger partial charge in [0.05, 0.1) is 0 Å². The summed E-state index contributed by atoms with van der Waals surface area (Å²) in [6.07, 6.45) is 3.29. The molecule has 1 fully saturated rings. The standard InChI is InChI=1S/C13H16O/c1-10-6-5-9-12(13(10)14)11-7-3-2-4-8-11/h2-4,7-8,10,12H,5-6,9H2,1H3/t10-,12+/m1/s1. The van der Waals surface area contributed by atoms with Gasteiger partial charge in [0.15, 0.2) is 0 Å². The molecule has 0 bridgehead atoms. The van der Waals surface area contributed by atoms with Crippen LogP contribution in [0.15, 0.2) is 30.3 Å². The zero-order valence-electron chi connectivity index (χ0n) is 8.57. The average Bonchev–Trinajstić information content (AvgIpc) is 2.23. The van der Waals surface area contributed by atoms with Crippen molar-refractivity contribution < 1.29 is 4.79 Å². The summed E-state index contributed by atoms with van der Waals surface area (Å²) < 4.78 is 0. The molecule has 2 atom stereocenters. The number of ketones is 1. The summed E-state index contributed by atoms with van der Waals surface area (Å²) in [7, 11) is 0. The first kappa shape index (κ1) is 9.45. The van der Waals surface area contributed by atoms with E-state index in [1.807, 2.05) is 18.2 Å². The highest BCUT2D eigenvalue weighted by Gasteiger charge is 2.28. The summed E-state index contributed by atoms with van der Waals surface area (Å²) >= 11 is 0. The van der Waals surface area contributed by atoms with Crippen molar-refractivity contribution in [1.82, 2.24) is 0 Å². The zero-order chi connectivity index (χ0) is 9.97. The van der Waals surface area contributed by atoms with Crippen LogP contribution in [-0.2, 0) is 4.79 Å². The molecule has 1 saturated carbocycles. The smallest absolute Gasteiger partial charge is 0.143 e. The molecule has 0 amide bonds. The van der Waals surface area contributed by atoms with Gasteiger partial charge in [0.2, 0.25) is 0 Å². The van der Waals surface area contributed by atoms with Gasteiger partial charge in [-0.15, -0.1) is 0 Å². The maximum atomic E-state index is 11.9. The minimum Gasteiger partial charge on any atom is -0.299 e. The Hall–Kier alpha value is -1.11. The van der Waals surface area contributed by atoms with Gasteiger partial charge < -0.3 is 0 Å². The molecule has 0 aliphatic heterocycles. The lowest BCUT2D eigenvalue weighted by atomic mass is 9.78. The summed E-state index contributed by atoms with van der Waals surface area (Å²) in [4.78, 5) is 11.9. The Morgan fingerprint density at radius 2 is 1.86 bits per heavy atom. The molecule has 2 rings (SSSR count). The number of carbonyl (C=O) groups excluding carboxylic acids is 1. The van der Waals surface area contributed by atoms with Gasteiger partial charge in [-0.25, -0.2) is 0 Å². The normalized spacial score (nSPS) is 27.6. The van der Waals surface area contributed by atoms with Crippen LogP contribution in [0.25, 0.3) is 0 Å². The number of rotatable bonds is 1. The van der Waals surface area contributed by atoms with Crippen molar-refractivity contribution in [1.29, 1.82) is 0 Å². The Balaban J connectivity index is 2.22. The number of carbonyl (C=O) groups is 1. The predicted molar refractivity (Wildman–Crippen MR) is 57.2 cm³/mol. The highest BCUT2D eigenvalue weighted by molar-refractivity contribution is 5.88. The molecule has 1 aromatic rings. The Morgan fingerprint density at radius 1 is 1.14 bits per heavy atom. The minimum absolute atomic E-state index is 0.167. The van der Waals surface area contributed by atoms with E-state index in [4.69, 9.17) is 0 Å². The lowest BCUT2D eigenvalue weighted by molar-refractivity contribution is -0.125. The lowest BCUT2D eigenvalue weighted by Crippen LogP contribution is -2.24. The van der Waals surface area contributed by atoms with Crippen LogP contribution in [0.3, 0.4) is 0 Å². The van der Waals surface area contributed by atoms with Crippen molar-refractivity contribution in [3.8, 4) is 0 Å². The highest BCUT2D eigenvalue weighted by Crippen LogP contribution is 2.32. The third-order valence-electron chi connectivity index (χ3n) is 3.16. The average molecular weight is 188 g/mol. The fourth-order valence-corrected chi connectivity index (χ4v) is 2.27. The van der Waals surface area contributed by atoms with E-state index >= 15 is 0 Å². The van der Waals surface area contributed by atoms with Crippen LogP contribution in [0.4, 0.5) is 0 Å². The first-order chi connectivity index (χ1) is 6.79. The van der Waals surface area contributed by atoms with Crippen LogP contribution in [0.2, 0.25) is 0 Å². The van der Waals surface area contributed by atoms with Gasteiger partial charge in [0.25, 0.3) is 0 Å². The zero-order valence-corrected chi connectivity index (χ0v) is 8.57. The number of hydrogen-bond acceptors (Lipinski definition) is 1. The van der Waals surface area contributed by atoms with Gasteiger partial charge in [-0.2, -0.15) is 0 Å². The fraction of sp³-hybridized carbons (Fsp3) is 0.462. The van der Waals surface area contributed by atoms with Gasteiger partial charge >= 0.3 is 0 Å². The molecule has 0 unspecified atom stereocenters. The number of hydrogen-bond donors (Lipinski definition) is 0. The molecular formula is C13H16O. The first-order valence-electron chi connectivity index (χ1n) is 5.37. The largest absolute Gasteiger partial charge is 0.299 e. The lowest BCUT2D eigenvalue weighted by Gasteiger charge is -2.25. The Bertz CT molecular complexity index is 315. The van der Waals surface area contributed by atoms with E-state index in [0.29, 0.717) is 5.78 Å². The molecule has 1 aliphatic rings. The molecule has 14 heavy (non-hydrogen) atoms. The molecule has 74 valence electrons. The van der Waals surface area contributed by atoms with E-state index in [1.165, 1.54) is 12.0 Å². The molecular weight excluding hydrogens is 172 g/mol. The maximum Gasteiger partial charge on any atom is 0.143 e. The van der Waals surface area contributed by atoms with Crippen molar-refractivity contribution in [3.05, 3.63) is 35.9 Å². The van der Waals surface area contributed by atoms with Crippen molar-refractivity contribution >= 4 is 5.78 Å². The van der Waals surface area contributed by atoms with Gasteiger partial charge in [-0.05, 0) is 18.4 Å². The highest BCUT2D eigenvalue weighted by atomic mass is 16.1. The third-order valence-corrected chi connectivity index (χ3v) is 3.16. The molecule has 0 spiro atoms. The minimum atomic E-state index is 0.167. The Kier molecular flexibility index (Phi) is 2.67. The second kappa shape index (κ2) is 3.95. The molecule has 1 nitrogen and oxygen atoms in total. The Labute approximate surface area is 85.1 Å². The van der Waals surface area contributed by atoms with Gasteiger partial charge in [0.1, 0.15) is 5.78 Å². The van der Waals surface area contributed by atoms with Crippen LogP contribution in [0, 0.1) is 5.92 Å². The molecule has 0 radical (unpaired) electrons. The van der Waals surface area contributed by atoms with Crippen molar-refractivity contribution in [3.63, 3.8) is 0 Å². The third kappa shape index (κ3) is 1.72. The van der Waals surface area contributed by atoms with E-state index in [0.717, 1.165) is 12.8 Å². The summed E-state index contributed by atoms with van der Waals surface area (Å²) in [5, 5.41) is 0. The van der Waals surface area contributed by atoms with Crippen molar-refractivity contribution in [2.24, 2.45) is 5.92 Å². The molecule has 0 saturated heterocycles. The van der Waals surface area contributed by atoms with Gasteiger partial charge in [-0.3, -0.25) is 4.79 Å². The summed E-state index contributed by atoms with van der Waals surface area (Å²) in [5.41, 5.74) is 1.20. The Morgan fingerprint density at radius 3 is 2.57 bits per heavy atom. The first-order valence-corrected chi connectivity index (χ1v) is 5.37. The van der Waals surface area contributed by atoms with Gasteiger partial charge in [-0.1, -0.05) is 43.7 Å². The van der Waals surface area contributed by atoms with E-state index in [1.54, 1.807) is 0 Å². The van der Waals surface area contributed by atoms with Gasteiger partial charge in [0, 0.05) is 11.8 Å². The summed E-state index contributed by atoms with van der Waals surface area (Å²) in [6.45, 7) is 2.05. The fourth-order valence-electron chi connectivity index (χ4n) is 2.27. The van der Waals surface area contributed by atoms with Crippen molar-refractivity contribution in [2.45, 2.75) is 32.1 Å². The van der Waals surface area contributed by atoms with Crippen LogP contribution >= 0.6 is 0 Å². The van der Waals surface area contributed by atoms with Crippen molar-refractivity contribution in [2.75, 3.05) is 0 Å². The van der Waals surface area contributed by atoms with E-state index in [2.05, 4.69) is 19.1 Å². The SMILES string of the molecule is C[C@@H]1CCC[C@@H](c2ccccc2)C1=O. The molecule has 1 aliphatic carbocycles. The van der Waals surface area contributed by atoms with Crippen LogP contribution in [-0.4, -0.2) is 5.78 Å². The molecule has 0 aromatic heterocycles. The van der Waals surface area contributed by atoms with E-state index in [9.17, 15) is 4.79 Å². The maximum absolute atomic E-state index is 11.9. The molecule has 0 N–H and O–H groups in total. The summed E-state index contributed by atoms with van der Waals surface area (Å²) in [5.74, 6) is 0.858. The second-order valence-corrected chi connectivity index (χ2v) is 4.20. The predicted octanol–water partition coefficient (Wildman–Crippen LogP) is 3.16.